The van der Waals surface area contributed by atoms with E-state index >= 15 is 0 Å². The fourth-order valence-corrected chi connectivity index (χ4v) is 5.50. The molecule has 0 spiro atoms. The molecular formula is C24H33FN2O3S. The maximum atomic E-state index is 14.7. The summed E-state index contributed by atoms with van der Waals surface area (Å²) in [6.07, 6.45) is 0.832. The molecule has 0 bridgehead atoms. The second-order valence-corrected chi connectivity index (χ2v) is 10.7. The van der Waals surface area contributed by atoms with Gasteiger partial charge in [-0.25, -0.2) is 12.8 Å². The number of sulfonamides is 1. The quantitative estimate of drug-likeness (QED) is 0.640. The van der Waals surface area contributed by atoms with Crippen LogP contribution in [0.25, 0.3) is 0 Å². The molecule has 1 N–H and O–H groups in total. The second kappa shape index (κ2) is 9.57. The van der Waals surface area contributed by atoms with Gasteiger partial charge < -0.3 is 10.1 Å². The molecule has 0 aliphatic carbocycles. The van der Waals surface area contributed by atoms with Crippen molar-refractivity contribution in [2.45, 2.75) is 51.1 Å². The second-order valence-electron chi connectivity index (χ2n) is 8.88. The van der Waals surface area contributed by atoms with E-state index in [9.17, 15) is 12.8 Å². The van der Waals surface area contributed by atoms with E-state index < -0.39 is 15.7 Å². The summed E-state index contributed by atoms with van der Waals surface area (Å²) in [6, 6.07) is 12.1. The van der Waals surface area contributed by atoms with Crippen LogP contribution in [0, 0.1) is 19.8 Å². The van der Waals surface area contributed by atoms with E-state index in [1.807, 2.05) is 45.9 Å². The number of nitrogens with one attached hydrogen (secondary N) is 1. The number of alkyl halides is 1. The fraction of sp³-hybridized carbons (Fsp3) is 0.500. The highest BCUT2D eigenvalue weighted by molar-refractivity contribution is 7.92. The molecule has 5 nitrogen and oxygen atoms in total. The maximum Gasteiger partial charge on any atom is 0.264 e. The topological polar surface area (TPSA) is 58.6 Å². The highest BCUT2D eigenvalue weighted by Gasteiger charge is 2.33. The molecule has 7 heteroatoms. The van der Waals surface area contributed by atoms with Crippen molar-refractivity contribution in [2.75, 3.05) is 30.5 Å². The molecule has 1 aliphatic heterocycles. The number of anilines is 1. The first-order valence-corrected chi connectivity index (χ1v) is 12.3. The molecular weight excluding hydrogens is 415 g/mol. The SMILES string of the molecule is Cc1ccc(N(CC(C)C)S(=O)(=O)c2ccc(OCC3(F)CCNCC3)cc2)c(C)c1. The fourth-order valence-electron chi connectivity index (χ4n) is 3.81. The van der Waals surface area contributed by atoms with Crippen LogP contribution in [0.2, 0.25) is 0 Å². The minimum absolute atomic E-state index is 0.0250. The molecule has 170 valence electrons. The number of hydrogen-bond donors (Lipinski definition) is 1. The third-order valence-corrected chi connectivity index (χ3v) is 7.35. The number of piperidine rings is 1. The largest absolute Gasteiger partial charge is 0.490 e. The van der Waals surface area contributed by atoms with Gasteiger partial charge in [0.2, 0.25) is 0 Å². The number of hydrogen-bond acceptors (Lipinski definition) is 4. The Morgan fingerprint density at radius 2 is 1.74 bits per heavy atom. The van der Waals surface area contributed by atoms with Gasteiger partial charge in [0.25, 0.3) is 10.0 Å². The van der Waals surface area contributed by atoms with Crippen molar-refractivity contribution in [2.24, 2.45) is 5.92 Å². The van der Waals surface area contributed by atoms with Crippen LogP contribution in [0.15, 0.2) is 47.4 Å². The first-order chi connectivity index (χ1) is 14.6. The van der Waals surface area contributed by atoms with Crippen molar-refractivity contribution >= 4 is 15.7 Å². The van der Waals surface area contributed by atoms with Crippen LogP contribution >= 0.6 is 0 Å². The number of benzene rings is 2. The van der Waals surface area contributed by atoms with E-state index in [2.05, 4.69) is 5.32 Å². The number of rotatable bonds is 8. The van der Waals surface area contributed by atoms with Gasteiger partial charge >= 0.3 is 0 Å². The van der Waals surface area contributed by atoms with Gasteiger partial charge in [-0.15, -0.1) is 0 Å². The van der Waals surface area contributed by atoms with E-state index in [0.29, 0.717) is 43.9 Å². The van der Waals surface area contributed by atoms with Crippen LogP contribution in [-0.4, -0.2) is 40.3 Å². The molecule has 1 aliphatic rings. The summed E-state index contributed by atoms with van der Waals surface area (Å²) in [5.41, 5.74) is 1.35. The van der Waals surface area contributed by atoms with Crippen molar-refractivity contribution in [1.29, 1.82) is 0 Å². The van der Waals surface area contributed by atoms with Crippen LogP contribution in [0.4, 0.5) is 10.1 Å². The van der Waals surface area contributed by atoms with Crippen LogP contribution in [0.5, 0.6) is 5.75 Å². The van der Waals surface area contributed by atoms with Gasteiger partial charge in [-0.05, 0) is 81.6 Å². The van der Waals surface area contributed by atoms with Crippen LogP contribution in [-0.2, 0) is 10.0 Å². The molecule has 0 unspecified atom stereocenters. The zero-order valence-corrected chi connectivity index (χ0v) is 19.6. The van der Waals surface area contributed by atoms with Gasteiger partial charge in [-0.3, -0.25) is 4.31 Å². The Morgan fingerprint density at radius 3 is 2.32 bits per heavy atom. The molecule has 3 rings (SSSR count). The highest BCUT2D eigenvalue weighted by atomic mass is 32.2. The molecule has 1 heterocycles. The van der Waals surface area contributed by atoms with Crippen LogP contribution in [0.1, 0.15) is 37.8 Å². The number of nitrogens with zero attached hydrogens (tertiary/aromatic N) is 1. The lowest BCUT2D eigenvalue weighted by atomic mass is 9.95. The number of ether oxygens (including phenoxy) is 1. The summed E-state index contributed by atoms with van der Waals surface area (Å²) >= 11 is 0. The zero-order valence-electron chi connectivity index (χ0n) is 18.8. The summed E-state index contributed by atoms with van der Waals surface area (Å²) in [4.78, 5) is 0.192. The Kier molecular flexibility index (Phi) is 7.27. The third kappa shape index (κ3) is 5.77. The molecule has 0 saturated carbocycles. The van der Waals surface area contributed by atoms with Gasteiger partial charge in [0.15, 0.2) is 0 Å². The zero-order chi connectivity index (χ0) is 22.6. The first kappa shape index (κ1) is 23.5. The average molecular weight is 449 g/mol. The molecule has 1 saturated heterocycles. The Hall–Kier alpha value is -2.12. The first-order valence-electron chi connectivity index (χ1n) is 10.8. The Labute approximate surface area is 185 Å². The Bertz CT molecular complexity index is 984. The van der Waals surface area contributed by atoms with Gasteiger partial charge in [0.1, 0.15) is 18.0 Å². The van der Waals surface area contributed by atoms with Gasteiger partial charge in [0, 0.05) is 6.54 Å². The normalized spacial score (nSPS) is 16.3. The standard InChI is InChI=1S/C24H33FN2O3S/c1-18(2)16-27(23-10-5-19(3)15-20(23)4)31(28,29)22-8-6-21(7-9-22)30-17-24(25)11-13-26-14-12-24/h5-10,15,18,26H,11-14,16-17H2,1-4H3. The lowest BCUT2D eigenvalue weighted by molar-refractivity contribution is 0.0539. The molecule has 0 amide bonds. The number of halogens is 1. The van der Waals surface area contributed by atoms with E-state index in [4.69, 9.17) is 4.74 Å². The van der Waals surface area contributed by atoms with Crippen molar-refractivity contribution in [3.8, 4) is 5.75 Å². The maximum absolute atomic E-state index is 14.7. The smallest absolute Gasteiger partial charge is 0.264 e. The summed E-state index contributed by atoms with van der Waals surface area (Å²) < 4.78 is 48.8. The molecule has 2 aromatic rings. The number of aryl methyl sites for hydroxylation is 2. The minimum Gasteiger partial charge on any atom is -0.490 e. The monoisotopic (exact) mass is 448 g/mol. The van der Waals surface area contributed by atoms with Crippen LogP contribution in [0.3, 0.4) is 0 Å². The molecule has 0 aromatic heterocycles. The van der Waals surface area contributed by atoms with Gasteiger partial charge in [0.05, 0.1) is 10.6 Å². The third-order valence-electron chi connectivity index (χ3n) is 5.56. The van der Waals surface area contributed by atoms with E-state index in [1.165, 1.54) is 16.4 Å². The van der Waals surface area contributed by atoms with Crippen molar-refractivity contribution in [3.05, 3.63) is 53.6 Å². The van der Waals surface area contributed by atoms with Crippen LogP contribution < -0.4 is 14.4 Å². The van der Waals surface area contributed by atoms with Gasteiger partial charge in [-0.1, -0.05) is 31.5 Å². The Balaban J connectivity index is 1.81. The lowest BCUT2D eigenvalue weighted by Crippen LogP contribution is -2.42. The van der Waals surface area contributed by atoms with E-state index in [-0.39, 0.29) is 17.4 Å². The summed E-state index contributed by atoms with van der Waals surface area (Å²) in [6.45, 7) is 9.54. The van der Waals surface area contributed by atoms with E-state index in [0.717, 1.165) is 11.1 Å². The summed E-state index contributed by atoms with van der Waals surface area (Å²) in [7, 11) is -3.75. The Morgan fingerprint density at radius 1 is 1.10 bits per heavy atom. The van der Waals surface area contributed by atoms with Crippen molar-refractivity contribution in [1.82, 2.24) is 5.32 Å². The average Bonchev–Trinajstić information content (AvgIpc) is 2.72. The molecule has 0 atom stereocenters. The molecule has 0 radical (unpaired) electrons. The lowest BCUT2D eigenvalue weighted by Gasteiger charge is -2.30. The summed E-state index contributed by atoms with van der Waals surface area (Å²) in [5, 5.41) is 3.14. The van der Waals surface area contributed by atoms with Gasteiger partial charge in [-0.2, -0.15) is 0 Å². The van der Waals surface area contributed by atoms with Crippen molar-refractivity contribution < 1.29 is 17.5 Å². The van der Waals surface area contributed by atoms with Crippen molar-refractivity contribution in [3.63, 3.8) is 0 Å². The predicted molar refractivity (Wildman–Crippen MR) is 123 cm³/mol. The predicted octanol–water partition coefficient (Wildman–Crippen LogP) is 4.63. The highest BCUT2D eigenvalue weighted by Crippen LogP contribution is 2.30. The summed E-state index contributed by atoms with van der Waals surface area (Å²) in [5.74, 6) is 0.625. The molecule has 2 aromatic carbocycles. The molecule has 1 fully saturated rings. The molecule has 31 heavy (non-hydrogen) atoms. The minimum atomic E-state index is -3.75. The van der Waals surface area contributed by atoms with E-state index in [1.54, 1.807) is 12.1 Å².